The van der Waals surface area contributed by atoms with Gasteiger partial charge in [-0.3, -0.25) is 9.89 Å². The molecule has 0 fully saturated rings. The number of hydrogen-bond donors (Lipinski definition) is 1. The summed E-state index contributed by atoms with van der Waals surface area (Å²) in [4.78, 5) is 15.4. The van der Waals surface area contributed by atoms with Crippen LogP contribution < -0.4 is 0 Å². The highest BCUT2D eigenvalue weighted by Crippen LogP contribution is 2.12. The largest absolute Gasteiger partial charge is 0.460 e. The van der Waals surface area contributed by atoms with Gasteiger partial charge in [-0.25, -0.2) is 4.98 Å². The van der Waals surface area contributed by atoms with E-state index in [2.05, 4.69) is 15.2 Å². The van der Waals surface area contributed by atoms with Crippen LogP contribution in [0.3, 0.4) is 0 Å². The summed E-state index contributed by atoms with van der Waals surface area (Å²) in [5.74, 6) is 0.631. The van der Waals surface area contributed by atoms with Crippen LogP contribution in [0, 0.1) is 6.92 Å². The van der Waals surface area contributed by atoms with Crippen molar-refractivity contribution < 1.29 is 14.3 Å². The number of ether oxygens (including phenoxy) is 2. The molecule has 1 rings (SSSR count). The summed E-state index contributed by atoms with van der Waals surface area (Å²) < 4.78 is 9.93. The molecule has 1 heterocycles. The zero-order valence-electron chi connectivity index (χ0n) is 9.52. The number of esters is 1. The topological polar surface area (TPSA) is 77.1 Å². The third kappa shape index (κ3) is 4.63. The maximum atomic E-state index is 11.3. The summed E-state index contributed by atoms with van der Waals surface area (Å²) in [7, 11) is 1.56. The molecule has 0 amide bonds. The van der Waals surface area contributed by atoms with E-state index in [4.69, 9.17) is 9.47 Å². The number of aromatic nitrogens is 3. The van der Waals surface area contributed by atoms with Crippen molar-refractivity contribution in [3.05, 3.63) is 5.82 Å². The lowest BCUT2D eigenvalue weighted by Gasteiger charge is -2.11. The monoisotopic (exact) mass is 245 g/mol. The molecule has 1 N–H and O–H groups in total. The minimum atomic E-state index is -0.294. The summed E-state index contributed by atoms with van der Waals surface area (Å²) in [5, 5.41) is 7.15. The van der Waals surface area contributed by atoms with Crippen molar-refractivity contribution >= 4 is 17.7 Å². The van der Waals surface area contributed by atoms with Crippen molar-refractivity contribution in [3.63, 3.8) is 0 Å². The molecule has 1 unspecified atom stereocenters. The minimum absolute atomic E-state index is 0.200. The molecule has 0 saturated heterocycles. The molecule has 0 spiro atoms. The second-order valence-corrected chi connectivity index (χ2v) is 4.19. The van der Waals surface area contributed by atoms with Crippen molar-refractivity contribution in [2.75, 3.05) is 19.5 Å². The lowest BCUT2D eigenvalue weighted by atomic mass is 10.4. The van der Waals surface area contributed by atoms with Crippen molar-refractivity contribution in [3.8, 4) is 0 Å². The van der Waals surface area contributed by atoms with Gasteiger partial charge in [-0.15, -0.1) is 5.10 Å². The quantitative estimate of drug-likeness (QED) is 0.589. The van der Waals surface area contributed by atoms with Crippen LogP contribution >= 0.6 is 11.8 Å². The van der Waals surface area contributed by atoms with E-state index in [0.29, 0.717) is 11.8 Å². The maximum Gasteiger partial charge on any atom is 0.316 e. The third-order valence-corrected chi connectivity index (χ3v) is 2.45. The smallest absolute Gasteiger partial charge is 0.316 e. The Morgan fingerprint density at radius 1 is 1.62 bits per heavy atom. The number of aryl methyl sites for hydroxylation is 1. The highest BCUT2D eigenvalue weighted by molar-refractivity contribution is 7.99. The van der Waals surface area contributed by atoms with E-state index < -0.39 is 0 Å². The Morgan fingerprint density at radius 3 is 2.94 bits per heavy atom. The number of H-pyrrole nitrogens is 1. The van der Waals surface area contributed by atoms with Gasteiger partial charge in [-0.1, -0.05) is 11.8 Å². The van der Waals surface area contributed by atoms with Crippen LogP contribution in [0.1, 0.15) is 12.7 Å². The molecule has 0 aliphatic carbocycles. The molecule has 6 nitrogen and oxygen atoms in total. The Hall–Kier alpha value is -1.08. The van der Waals surface area contributed by atoms with Crippen LogP contribution in [0.5, 0.6) is 0 Å². The van der Waals surface area contributed by atoms with E-state index in [1.165, 1.54) is 11.8 Å². The van der Waals surface area contributed by atoms with Crippen LogP contribution in [-0.4, -0.2) is 46.7 Å². The first-order chi connectivity index (χ1) is 7.61. The van der Waals surface area contributed by atoms with E-state index in [0.717, 1.165) is 5.82 Å². The number of methoxy groups -OCH3 is 1. The summed E-state index contributed by atoms with van der Waals surface area (Å²) >= 11 is 1.24. The third-order valence-electron chi connectivity index (χ3n) is 1.63. The van der Waals surface area contributed by atoms with E-state index in [1.54, 1.807) is 21.0 Å². The van der Waals surface area contributed by atoms with E-state index >= 15 is 0 Å². The van der Waals surface area contributed by atoms with Gasteiger partial charge in [0, 0.05) is 7.11 Å². The fraction of sp³-hybridized carbons (Fsp3) is 0.667. The summed E-state index contributed by atoms with van der Waals surface area (Å²) in [6.45, 7) is 3.98. The van der Waals surface area contributed by atoms with Gasteiger partial charge in [-0.2, -0.15) is 0 Å². The predicted octanol–water partition coefficient (Wildman–Crippen LogP) is 0.783. The van der Waals surface area contributed by atoms with Gasteiger partial charge >= 0.3 is 5.97 Å². The van der Waals surface area contributed by atoms with Crippen molar-refractivity contribution in [2.24, 2.45) is 0 Å². The molecule has 7 heteroatoms. The molecule has 1 atom stereocenters. The second-order valence-electron chi connectivity index (χ2n) is 3.25. The molecule has 0 aliphatic heterocycles. The molecule has 1 aromatic heterocycles. The molecule has 90 valence electrons. The van der Waals surface area contributed by atoms with Gasteiger partial charge in [0.15, 0.2) is 0 Å². The Balaban J connectivity index is 2.25. The Bertz CT molecular complexity index is 342. The van der Waals surface area contributed by atoms with E-state index in [9.17, 15) is 4.79 Å². The van der Waals surface area contributed by atoms with E-state index in [1.807, 2.05) is 0 Å². The maximum absolute atomic E-state index is 11.3. The lowest BCUT2D eigenvalue weighted by molar-refractivity contribution is -0.147. The number of aromatic amines is 1. The second kappa shape index (κ2) is 6.49. The molecule has 0 saturated carbocycles. The normalized spacial score (nSPS) is 12.4. The van der Waals surface area contributed by atoms with Crippen molar-refractivity contribution in [1.82, 2.24) is 15.2 Å². The van der Waals surface area contributed by atoms with Crippen LogP contribution in [0.4, 0.5) is 0 Å². The fourth-order valence-electron chi connectivity index (χ4n) is 1.04. The van der Waals surface area contributed by atoms with Crippen LogP contribution in [0.25, 0.3) is 0 Å². The van der Waals surface area contributed by atoms with Gasteiger partial charge < -0.3 is 9.47 Å². The average molecular weight is 245 g/mol. The van der Waals surface area contributed by atoms with Gasteiger partial charge in [0.2, 0.25) is 5.16 Å². The molecule has 16 heavy (non-hydrogen) atoms. The Kier molecular flexibility index (Phi) is 5.27. The van der Waals surface area contributed by atoms with Gasteiger partial charge in [0.1, 0.15) is 11.9 Å². The van der Waals surface area contributed by atoms with Crippen LogP contribution in [0.2, 0.25) is 0 Å². The van der Waals surface area contributed by atoms with Crippen molar-refractivity contribution in [2.45, 2.75) is 25.1 Å². The summed E-state index contributed by atoms with van der Waals surface area (Å²) in [6.07, 6.45) is -0.230. The molecule has 0 aliphatic rings. The Morgan fingerprint density at radius 2 is 2.38 bits per heavy atom. The molecule has 0 aromatic carbocycles. The Labute approximate surface area is 98.1 Å². The number of thioether (sulfide) groups is 1. The highest BCUT2D eigenvalue weighted by atomic mass is 32.2. The molecule has 0 radical (unpaired) electrons. The lowest BCUT2D eigenvalue weighted by Crippen LogP contribution is -2.20. The molecule has 0 bridgehead atoms. The first-order valence-corrected chi connectivity index (χ1v) is 5.80. The molecular formula is C9H15N3O3S. The number of hydrogen-bond acceptors (Lipinski definition) is 6. The highest BCUT2D eigenvalue weighted by Gasteiger charge is 2.11. The molecular weight excluding hydrogens is 230 g/mol. The summed E-state index contributed by atoms with van der Waals surface area (Å²) in [6, 6.07) is 0. The van der Waals surface area contributed by atoms with Gasteiger partial charge in [0.25, 0.3) is 0 Å². The van der Waals surface area contributed by atoms with Crippen LogP contribution in [0.15, 0.2) is 5.16 Å². The number of carbonyl (C=O) groups is 1. The number of rotatable bonds is 6. The standard InChI is InChI=1S/C9H15N3O3S/c1-6(4-14-3)15-8(13)5-16-9-10-7(2)11-12-9/h6H,4-5H2,1-3H3,(H,10,11,12). The van der Waals surface area contributed by atoms with Gasteiger partial charge in [-0.05, 0) is 13.8 Å². The number of nitrogens with one attached hydrogen (secondary N) is 1. The first-order valence-electron chi connectivity index (χ1n) is 4.82. The van der Waals surface area contributed by atoms with Gasteiger partial charge in [0.05, 0.1) is 12.4 Å². The fourth-order valence-corrected chi connectivity index (χ4v) is 1.66. The summed E-state index contributed by atoms with van der Waals surface area (Å²) in [5.41, 5.74) is 0. The number of carbonyl (C=O) groups excluding carboxylic acids is 1. The van der Waals surface area contributed by atoms with Crippen LogP contribution in [-0.2, 0) is 14.3 Å². The molecule has 1 aromatic rings. The number of nitrogens with zero attached hydrogens (tertiary/aromatic N) is 2. The van der Waals surface area contributed by atoms with Crippen molar-refractivity contribution in [1.29, 1.82) is 0 Å². The minimum Gasteiger partial charge on any atom is -0.460 e. The van der Waals surface area contributed by atoms with E-state index in [-0.39, 0.29) is 17.8 Å². The predicted molar refractivity (Wildman–Crippen MR) is 59.3 cm³/mol. The zero-order valence-corrected chi connectivity index (χ0v) is 10.3. The SMILES string of the molecule is COCC(C)OC(=O)CSc1n[nH]c(C)n1. The average Bonchev–Trinajstić information content (AvgIpc) is 2.61. The zero-order chi connectivity index (χ0) is 12.0. The first kappa shape index (κ1) is 13.0.